The normalized spacial score (nSPS) is 21.7. The van der Waals surface area contributed by atoms with E-state index in [1.807, 2.05) is 0 Å². The summed E-state index contributed by atoms with van der Waals surface area (Å²) in [6.07, 6.45) is 6.39. The Kier molecular flexibility index (Phi) is 3.40. The fourth-order valence-corrected chi connectivity index (χ4v) is 1.77. The molecule has 0 heterocycles. The van der Waals surface area contributed by atoms with Gasteiger partial charge in [0.25, 0.3) is 0 Å². The third-order valence-electron chi connectivity index (χ3n) is 3.21. The topological polar surface area (TPSA) is 41.1 Å². The molecular weight excluding hydrogens is 176 g/mol. The number of carbonyl (C=O) groups is 1. The van der Waals surface area contributed by atoms with E-state index >= 15 is 0 Å². The zero-order chi connectivity index (χ0) is 9.80. The van der Waals surface area contributed by atoms with E-state index < -0.39 is 0 Å². The van der Waals surface area contributed by atoms with Crippen molar-refractivity contribution in [3.63, 3.8) is 0 Å². The molecule has 3 nitrogen and oxygen atoms in total. The van der Waals surface area contributed by atoms with Crippen LogP contribution in [0.1, 0.15) is 32.1 Å². The lowest BCUT2D eigenvalue weighted by molar-refractivity contribution is -0.122. The van der Waals surface area contributed by atoms with Crippen molar-refractivity contribution in [1.82, 2.24) is 10.6 Å². The molecule has 3 heteroatoms. The van der Waals surface area contributed by atoms with Gasteiger partial charge in [-0.25, -0.2) is 0 Å². The molecule has 2 aliphatic rings. The number of nitrogens with one attached hydrogen (secondary N) is 2. The number of rotatable bonds is 6. The molecule has 0 aromatic rings. The van der Waals surface area contributed by atoms with Gasteiger partial charge in [-0.3, -0.25) is 4.79 Å². The SMILES string of the molecule is O=C(NCCNCC1CCC1)C1CC1. The van der Waals surface area contributed by atoms with E-state index in [0.29, 0.717) is 5.92 Å². The fraction of sp³-hybridized carbons (Fsp3) is 0.909. The van der Waals surface area contributed by atoms with Crippen molar-refractivity contribution in [3.8, 4) is 0 Å². The molecule has 0 spiro atoms. The molecule has 0 aromatic heterocycles. The van der Waals surface area contributed by atoms with Crippen LogP contribution in [0.3, 0.4) is 0 Å². The molecule has 14 heavy (non-hydrogen) atoms. The van der Waals surface area contributed by atoms with Crippen LogP contribution in [0, 0.1) is 11.8 Å². The zero-order valence-electron chi connectivity index (χ0n) is 8.72. The summed E-state index contributed by atoms with van der Waals surface area (Å²) in [4.78, 5) is 11.2. The second-order valence-corrected chi connectivity index (χ2v) is 4.57. The Morgan fingerprint density at radius 3 is 2.50 bits per heavy atom. The molecule has 2 saturated carbocycles. The first-order valence-corrected chi connectivity index (χ1v) is 5.84. The summed E-state index contributed by atoms with van der Waals surface area (Å²) < 4.78 is 0. The van der Waals surface area contributed by atoms with E-state index in [2.05, 4.69) is 10.6 Å². The highest BCUT2D eigenvalue weighted by Gasteiger charge is 2.28. The molecular formula is C11H20N2O. The molecule has 0 saturated heterocycles. The maximum absolute atomic E-state index is 11.2. The minimum Gasteiger partial charge on any atom is -0.355 e. The molecule has 0 aliphatic heterocycles. The quantitative estimate of drug-likeness (QED) is 0.620. The van der Waals surface area contributed by atoms with Crippen LogP contribution in [0.4, 0.5) is 0 Å². The third-order valence-corrected chi connectivity index (χ3v) is 3.21. The van der Waals surface area contributed by atoms with Crippen molar-refractivity contribution in [2.75, 3.05) is 19.6 Å². The molecule has 2 N–H and O–H groups in total. The Morgan fingerprint density at radius 1 is 1.14 bits per heavy atom. The lowest BCUT2D eigenvalue weighted by Crippen LogP contribution is -2.35. The Labute approximate surface area is 85.6 Å². The predicted octanol–water partition coefficient (Wildman–Crippen LogP) is 0.902. The molecule has 2 aliphatic carbocycles. The van der Waals surface area contributed by atoms with Crippen LogP contribution in [0.2, 0.25) is 0 Å². The van der Waals surface area contributed by atoms with Gasteiger partial charge in [0.1, 0.15) is 0 Å². The van der Waals surface area contributed by atoms with Crippen LogP contribution in [-0.4, -0.2) is 25.5 Å². The summed E-state index contributed by atoms with van der Waals surface area (Å²) >= 11 is 0. The predicted molar refractivity (Wildman–Crippen MR) is 55.9 cm³/mol. The second-order valence-electron chi connectivity index (χ2n) is 4.57. The average Bonchev–Trinajstić information content (AvgIpc) is 2.90. The Bertz CT molecular complexity index is 197. The lowest BCUT2D eigenvalue weighted by atomic mass is 9.85. The van der Waals surface area contributed by atoms with Crippen molar-refractivity contribution < 1.29 is 4.79 Å². The van der Waals surface area contributed by atoms with Gasteiger partial charge in [-0.2, -0.15) is 0 Å². The molecule has 2 fully saturated rings. The minimum atomic E-state index is 0.260. The Balaban J connectivity index is 1.40. The van der Waals surface area contributed by atoms with Crippen molar-refractivity contribution in [3.05, 3.63) is 0 Å². The number of hydrogen-bond acceptors (Lipinski definition) is 2. The molecule has 0 radical (unpaired) electrons. The Morgan fingerprint density at radius 2 is 1.93 bits per heavy atom. The van der Waals surface area contributed by atoms with Crippen LogP contribution >= 0.6 is 0 Å². The van der Waals surface area contributed by atoms with Crippen LogP contribution in [-0.2, 0) is 4.79 Å². The molecule has 0 unspecified atom stereocenters. The van der Waals surface area contributed by atoms with Crippen molar-refractivity contribution >= 4 is 5.91 Å². The summed E-state index contributed by atoms with van der Waals surface area (Å²) in [6.45, 7) is 2.86. The summed E-state index contributed by atoms with van der Waals surface area (Å²) in [5, 5.41) is 6.34. The van der Waals surface area contributed by atoms with Gasteiger partial charge in [-0.15, -0.1) is 0 Å². The molecule has 2 rings (SSSR count). The van der Waals surface area contributed by atoms with Gasteiger partial charge in [0.15, 0.2) is 0 Å². The van der Waals surface area contributed by atoms with Crippen molar-refractivity contribution in [2.45, 2.75) is 32.1 Å². The van der Waals surface area contributed by atoms with E-state index in [1.165, 1.54) is 19.3 Å². The molecule has 0 aromatic carbocycles. The van der Waals surface area contributed by atoms with Gasteiger partial charge in [-0.05, 0) is 38.1 Å². The Hall–Kier alpha value is -0.570. The van der Waals surface area contributed by atoms with Crippen LogP contribution in [0.15, 0.2) is 0 Å². The second kappa shape index (κ2) is 4.78. The number of hydrogen-bond donors (Lipinski definition) is 2. The van der Waals surface area contributed by atoms with Gasteiger partial charge in [-0.1, -0.05) is 6.42 Å². The monoisotopic (exact) mass is 196 g/mol. The summed E-state index contributed by atoms with van der Waals surface area (Å²) in [5.74, 6) is 1.52. The minimum absolute atomic E-state index is 0.260. The smallest absolute Gasteiger partial charge is 0.223 e. The van der Waals surface area contributed by atoms with Crippen LogP contribution in [0.25, 0.3) is 0 Å². The molecule has 80 valence electrons. The van der Waals surface area contributed by atoms with E-state index in [9.17, 15) is 4.79 Å². The van der Waals surface area contributed by atoms with E-state index in [0.717, 1.165) is 38.4 Å². The third kappa shape index (κ3) is 2.98. The summed E-state index contributed by atoms with van der Waals surface area (Å²) in [5.41, 5.74) is 0. The molecule has 0 atom stereocenters. The van der Waals surface area contributed by atoms with Crippen LogP contribution < -0.4 is 10.6 Å². The first kappa shape index (κ1) is 9.97. The van der Waals surface area contributed by atoms with Gasteiger partial charge in [0.2, 0.25) is 5.91 Å². The molecule has 1 amide bonds. The highest BCUT2D eigenvalue weighted by atomic mass is 16.2. The van der Waals surface area contributed by atoms with Gasteiger partial charge >= 0.3 is 0 Å². The number of carbonyl (C=O) groups excluding carboxylic acids is 1. The average molecular weight is 196 g/mol. The van der Waals surface area contributed by atoms with Crippen molar-refractivity contribution in [2.24, 2.45) is 11.8 Å². The molecule has 0 bridgehead atoms. The fourth-order valence-electron chi connectivity index (χ4n) is 1.77. The van der Waals surface area contributed by atoms with Crippen LogP contribution in [0.5, 0.6) is 0 Å². The van der Waals surface area contributed by atoms with E-state index in [-0.39, 0.29) is 5.91 Å². The summed E-state index contributed by atoms with van der Waals surface area (Å²) in [6, 6.07) is 0. The highest BCUT2D eigenvalue weighted by molar-refractivity contribution is 5.80. The zero-order valence-corrected chi connectivity index (χ0v) is 8.72. The first-order valence-electron chi connectivity index (χ1n) is 5.84. The highest BCUT2D eigenvalue weighted by Crippen LogP contribution is 2.28. The largest absolute Gasteiger partial charge is 0.355 e. The first-order chi connectivity index (χ1) is 6.86. The standard InChI is InChI=1S/C11H20N2O/c14-11(10-4-5-10)13-7-6-12-8-9-2-1-3-9/h9-10,12H,1-8H2,(H,13,14). The maximum Gasteiger partial charge on any atom is 0.223 e. The van der Waals surface area contributed by atoms with E-state index in [1.54, 1.807) is 0 Å². The summed E-state index contributed by atoms with van der Waals surface area (Å²) in [7, 11) is 0. The van der Waals surface area contributed by atoms with Crippen molar-refractivity contribution in [1.29, 1.82) is 0 Å². The van der Waals surface area contributed by atoms with E-state index in [4.69, 9.17) is 0 Å². The van der Waals surface area contributed by atoms with Gasteiger partial charge in [0.05, 0.1) is 0 Å². The van der Waals surface area contributed by atoms with Gasteiger partial charge < -0.3 is 10.6 Å². The lowest BCUT2D eigenvalue weighted by Gasteiger charge is -2.25. The van der Waals surface area contributed by atoms with Gasteiger partial charge in [0, 0.05) is 19.0 Å². The number of amides is 1. The maximum atomic E-state index is 11.2.